The van der Waals surface area contributed by atoms with Crippen molar-refractivity contribution in [2.75, 3.05) is 24.5 Å². The second-order valence-electron chi connectivity index (χ2n) is 7.47. The Bertz CT molecular complexity index is 858. The molecule has 1 aromatic heterocycles. The highest BCUT2D eigenvalue weighted by Gasteiger charge is 2.42. The van der Waals surface area contributed by atoms with E-state index < -0.39 is 0 Å². The van der Waals surface area contributed by atoms with E-state index in [1.54, 1.807) is 21.9 Å². The number of likely N-dealkylation sites (tertiary alicyclic amines) is 1. The Hall–Kier alpha value is -2.77. The maximum atomic E-state index is 13.1. The van der Waals surface area contributed by atoms with Gasteiger partial charge in [-0.3, -0.25) is 9.59 Å². The van der Waals surface area contributed by atoms with Gasteiger partial charge in [0.25, 0.3) is 0 Å². The molecule has 3 heterocycles. The van der Waals surface area contributed by atoms with Gasteiger partial charge in [0.15, 0.2) is 5.82 Å². The van der Waals surface area contributed by atoms with Crippen LogP contribution in [0.25, 0.3) is 0 Å². The summed E-state index contributed by atoms with van der Waals surface area (Å²) in [7, 11) is 0. The van der Waals surface area contributed by atoms with Gasteiger partial charge in [0.2, 0.25) is 17.7 Å². The molecule has 0 radical (unpaired) electrons. The monoisotopic (exact) mass is 372 g/mol. The zero-order valence-corrected chi connectivity index (χ0v) is 15.3. The highest BCUT2D eigenvalue weighted by Crippen LogP contribution is 2.31. The van der Waals surface area contributed by atoms with Gasteiger partial charge in [-0.05, 0) is 24.3 Å². The number of rotatable bonds is 4. The van der Waals surface area contributed by atoms with Gasteiger partial charge in [-0.15, -0.1) is 0 Å². The molecule has 0 aliphatic carbocycles. The molecule has 2 fully saturated rings. The fourth-order valence-corrected chi connectivity index (χ4v) is 3.46. The molecule has 7 nitrogen and oxygen atoms in total. The first-order valence-corrected chi connectivity index (χ1v) is 9.10. The predicted octanol–water partition coefficient (Wildman–Crippen LogP) is 2.31. The van der Waals surface area contributed by atoms with Crippen LogP contribution in [0.4, 0.5) is 10.1 Å². The topological polar surface area (TPSA) is 79.5 Å². The fourth-order valence-electron chi connectivity index (χ4n) is 3.46. The van der Waals surface area contributed by atoms with Crippen molar-refractivity contribution < 1.29 is 18.5 Å². The lowest BCUT2D eigenvalue weighted by Gasteiger charge is -2.38. The summed E-state index contributed by atoms with van der Waals surface area (Å²) in [5, 5.41) is 3.96. The molecule has 1 unspecified atom stereocenters. The third-order valence-corrected chi connectivity index (χ3v) is 5.13. The Labute approximate surface area is 156 Å². The number of aromatic nitrogens is 2. The van der Waals surface area contributed by atoms with Crippen LogP contribution in [0.15, 0.2) is 28.8 Å². The molecule has 0 saturated carbocycles. The Morgan fingerprint density at radius 1 is 1.22 bits per heavy atom. The predicted molar refractivity (Wildman–Crippen MR) is 94.6 cm³/mol. The molecule has 2 amide bonds. The van der Waals surface area contributed by atoms with E-state index >= 15 is 0 Å². The smallest absolute Gasteiger partial charge is 0.233 e. The quantitative estimate of drug-likeness (QED) is 0.823. The van der Waals surface area contributed by atoms with Crippen LogP contribution in [0.3, 0.4) is 0 Å². The number of hydrogen-bond donors (Lipinski definition) is 0. The molecule has 4 rings (SSSR count). The molecule has 2 aliphatic rings. The summed E-state index contributed by atoms with van der Waals surface area (Å²) in [4.78, 5) is 32.7. The molecule has 1 atom stereocenters. The van der Waals surface area contributed by atoms with Gasteiger partial charge in [0.05, 0.1) is 11.8 Å². The largest absolute Gasteiger partial charge is 0.341 e. The molecular weight excluding hydrogens is 351 g/mol. The first-order chi connectivity index (χ1) is 12.9. The number of anilines is 1. The van der Waals surface area contributed by atoms with Crippen LogP contribution in [0.5, 0.6) is 0 Å². The molecule has 0 spiro atoms. The Morgan fingerprint density at radius 2 is 1.93 bits per heavy atom. The molecule has 1 aromatic carbocycles. The van der Waals surface area contributed by atoms with Crippen molar-refractivity contribution in [3.63, 3.8) is 0 Å². The van der Waals surface area contributed by atoms with Crippen LogP contribution in [0.2, 0.25) is 0 Å². The lowest BCUT2D eigenvalue weighted by molar-refractivity contribution is -0.140. The summed E-state index contributed by atoms with van der Waals surface area (Å²) in [5.74, 6) is 0.609. The van der Waals surface area contributed by atoms with Crippen molar-refractivity contribution >= 4 is 17.5 Å². The molecule has 2 aliphatic heterocycles. The van der Waals surface area contributed by atoms with Crippen molar-refractivity contribution in [2.24, 2.45) is 5.92 Å². The van der Waals surface area contributed by atoms with E-state index in [2.05, 4.69) is 10.1 Å². The second kappa shape index (κ2) is 6.75. The van der Waals surface area contributed by atoms with Gasteiger partial charge in [0, 0.05) is 37.7 Å². The maximum Gasteiger partial charge on any atom is 0.233 e. The summed E-state index contributed by atoms with van der Waals surface area (Å²) in [6.45, 7) is 5.37. The highest BCUT2D eigenvalue weighted by molar-refractivity contribution is 6.00. The molecule has 27 heavy (non-hydrogen) atoms. The summed E-state index contributed by atoms with van der Waals surface area (Å²) >= 11 is 0. The van der Waals surface area contributed by atoms with Crippen molar-refractivity contribution in [3.05, 3.63) is 41.8 Å². The number of benzene rings is 1. The Kier molecular flexibility index (Phi) is 4.41. The van der Waals surface area contributed by atoms with Crippen LogP contribution >= 0.6 is 0 Å². The number of hydrogen-bond acceptors (Lipinski definition) is 5. The number of carbonyl (C=O) groups excluding carboxylic acids is 2. The minimum Gasteiger partial charge on any atom is -0.341 e. The maximum absolute atomic E-state index is 13.1. The Balaban J connectivity index is 1.35. The normalized spacial score (nSPS) is 20.4. The number of halogens is 1. The van der Waals surface area contributed by atoms with Crippen LogP contribution in [0, 0.1) is 11.7 Å². The summed E-state index contributed by atoms with van der Waals surface area (Å²) < 4.78 is 18.4. The van der Waals surface area contributed by atoms with E-state index in [0.29, 0.717) is 37.0 Å². The number of carbonyl (C=O) groups is 2. The van der Waals surface area contributed by atoms with Gasteiger partial charge in [-0.2, -0.15) is 4.98 Å². The zero-order valence-electron chi connectivity index (χ0n) is 15.3. The first kappa shape index (κ1) is 17.6. The van der Waals surface area contributed by atoms with Crippen LogP contribution in [0.1, 0.15) is 43.8 Å². The lowest BCUT2D eigenvalue weighted by Crippen LogP contribution is -2.51. The summed E-state index contributed by atoms with van der Waals surface area (Å²) in [6.07, 6.45) is 0.176. The molecular formula is C19H21FN4O3. The first-order valence-electron chi connectivity index (χ1n) is 9.10. The van der Waals surface area contributed by atoms with E-state index in [-0.39, 0.29) is 41.8 Å². The molecule has 2 saturated heterocycles. The average Bonchev–Trinajstić information content (AvgIpc) is 3.21. The van der Waals surface area contributed by atoms with Crippen molar-refractivity contribution in [3.8, 4) is 0 Å². The SMILES string of the molecule is CC(C)c1noc(C2CN(C(=O)C3CC(=O)N(c4ccc(F)cc4)C3)C2)n1. The van der Waals surface area contributed by atoms with Crippen LogP contribution in [-0.2, 0) is 9.59 Å². The van der Waals surface area contributed by atoms with Gasteiger partial charge in [0.1, 0.15) is 5.82 Å². The Morgan fingerprint density at radius 3 is 2.56 bits per heavy atom. The molecule has 0 N–H and O–H groups in total. The van der Waals surface area contributed by atoms with Crippen molar-refractivity contribution in [1.82, 2.24) is 15.0 Å². The minimum absolute atomic E-state index is 0.0344. The van der Waals surface area contributed by atoms with Gasteiger partial charge >= 0.3 is 0 Å². The molecule has 0 bridgehead atoms. The van der Waals surface area contributed by atoms with Gasteiger partial charge < -0.3 is 14.3 Å². The third kappa shape index (κ3) is 3.31. The summed E-state index contributed by atoms with van der Waals surface area (Å²) in [5.41, 5.74) is 0.616. The van der Waals surface area contributed by atoms with Crippen molar-refractivity contribution in [2.45, 2.75) is 32.1 Å². The van der Waals surface area contributed by atoms with Gasteiger partial charge in [-0.1, -0.05) is 19.0 Å². The van der Waals surface area contributed by atoms with Crippen LogP contribution in [-0.4, -0.2) is 46.5 Å². The average molecular weight is 372 g/mol. The van der Waals surface area contributed by atoms with E-state index in [4.69, 9.17) is 4.52 Å². The van der Waals surface area contributed by atoms with Crippen molar-refractivity contribution in [1.29, 1.82) is 0 Å². The highest BCUT2D eigenvalue weighted by atomic mass is 19.1. The number of nitrogens with zero attached hydrogens (tertiary/aromatic N) is 4. The standard InChI is InChI=1S/C19H21FN4O3/c1-11(2)17-21-18(27-22-17)13-8-23(9-13)19(26)12-7-16(25)24(10-12)15-5-3-14(20)4-6-15/h3-6,11-13H,7-10H2,1-2H3. The van der Waals surface area contributed by atoms with E-state index in [0.717, 1.165) is 0 Å². The second-order valence-corrected chi connectivity index (χ2v) is 7.47. The third-order valence-electron chi connectivity index (χ3n) is 5.13. The minimum atomic E-state index is -0.377. The van der Waals surface area contributed by atoms with E-state index in [1.165, 1.54) is 12.1 Å². The number of amides is 2. The van der Waals surface area contributed by atoms with Crippen LogP contribution < -0.4 is 4.90 Å². The molecule has 2 aromatic rings. The summed E-state index contributed by atoms with van der Waals surface area (Å²) in [6, 6.07) is 5.74. The van der Waals surface area contributed by atoms with E-state index in [1.807, 2.05) is 13.8 Å². The fraction of sp³-hybridized carbons (Fsp3) is 0.474. The molecule has 8 heteroatoms. The lowest BCUT2D eigenvalue weighted by atomic mass is 9.96. The molecule has 142 valence electrons. The zero-order chi connectivity index (χ0) is 19.1. The van der Waals surface area contributed by atoms with E-state index in [9.17, 15) is 14.0 Å². The van der Waals surface area contributed by atoms with Gasteiger partial charge in [-0.25, -0.2) is 4.39 Å².